The van der Waals surface area contributed by atoms with Crippen LogP contribution in [0.15, 0.2) is 4.52 Å². The molecule has 3 aliphatic rings. The van der Waals surface area contributed by atoms with E-state index in [4.69, 9.17) is 4.52 Å². The summed E-state index contributed by atoms with van der Waals surface area (Å²) in [6.45, 7) is 7.49. The molecule has 0 radical (unpaired) electrons. The zero-order valence-electron chi connectivity index (χ0n) is 16.9. The van der Waals surface area contributed by atoms with Crippen molar-refractivity contribution in [2.45, 2.75) is 57.1 Å². The Hall–Kier alpha value is -1.41. The minimum Gasteiger partial charge on any atom is -0.361 e. The van der Waals surface area contributed by atoms with Gasteiger partial charge in [0.15, 0.2) is 9.84 Å². The summed E-state index contributed by atoms with van der Waals surface area (Å²) in [5.41, 5.74) is 1.81. The maximum Gasteiger partial charge on any atom is 0.223 e. The summed E-state index contributed by atoms with van der Waals surface area (Å²) in [6, 6.07) is 0. The molecule has 3 fully saturated rings. The average Bonchev–Trinajstić information content (AvgIpc) is 3.08. The summed E-state index contributed by atoms with van der Waals surface area (Å²) < 4.78 is 30.1. The lowest BCUT2D eigenvalue weighted by Crippen LogP contribution is -2.69. The van der Waals surface area contributed by atoms with Crippen molar-refractivity contribution >= 4 is 15.7 Å². The Bertz CT molecular complexity index is 816. The van der Waals surface area contributed by atoms with Crippen LogP contribution in [0.25, 0.3) is 0 Å². The van der Waals surface area contributed by atoms with Crippen LogP contribution >= 0.6 is 0 Å². The topological polar surface area (TPSA) is 83.7 Å². The molecule has 3 aliphatic heterocycles. The fraction of sp³-hybridized carbons (Fsp3) is 0.800. The Morgan fingerprint density at radius 1 is 1.21 bits per heavy atom. The van der Waals surface area contributed by atoms with E-state index in [1.165, 1.54) is 19.3 Å². The molecule has 1 amide bonds. The lowest BCUT2D eigenvalue weighted by atomic mass is 9.82. The van der Waals surface area contributed by atoms with E-state index in [9.17, 15) is 13.2 Å². The van der Waals surface area contributed by atoms with Gasteiger partial charge in [-0.25, -0.2) is 8.42 Å². The van der Waals surface area contributed by atoms with E-state index in [-0.39, 0.29) is 17.6 Å². The number of sulfone groups is 1. The van der Waals surface area contributed by atoms with Crippen LogP contribution in [0.5, 0.6) is 0 Å². The van der Waals surface area contributed by atoms with Crippen LogP contribution in [-0.2, 0) is 21.1 Å². The van der Waals surface area contributed by atoms with Crippen molar-refractivity contribution in [2.75, 3.05) is 38.5 Å². The van der Waals surface area contributed by atoms with Crippen molar-refractivity contribution in [1.82, 2.24) is 15.0 Å². The maximum atomic E-state index is 12.8. The molecule has 156 valence electrons. The van der Waals surface area contributed by atoms with Crippen molar-refractivity contribution in [3.8, 4) is 0 Å². The predicted octanol–water partition coefficient (Wildman–Crippen LogP) is 1.73. The molecule has 1 unspecified atom stereocenters. The fourth-order valence-corrected chi connectivity index (χ4v) is 7.62. The van der Waals surface area contributed by atoms with Gasteiger partial charge in [-0.3, -0.25) is 4.79 Å². The van der Waals surface area contributed by atoms with Crippen LogP contribution in [0.3, 0.4) is 0 Å². The SMILES string of the molecule is Cc1noc(C)c1CCC(=O)N1CC2(C1)C(CN1CCCCC1)CCS2(=O)=O. The standard InChI is InChI=1S/C20H31N3O4S/c1-15-18(16(2)27-21-15)6-7-19(24)23-13-20(14-23)17(8-11-28(20,25)26)12-22-9-4-3-5-10-22/h17H,3-14H2,1-2H3. The van der Waals surface area contributed by atoms with E-state index in [1.54, 1.807) is 4.90 Å². The number of aromatic nitrogens is 1. The lowest BCUT2D eigenvalue weighted by molar-refractivity contribution is -0.137. The molecular formula is C20H31N3O4S. The minimum absolute atomic E-state index is 0.0319. The third-order valence-electron chi connectivity index (χ3n) is 7.07. The van der Waals surface area contributed by atoms with E-state index in [1.807, 2.05) is 13.8 Å². The number of hydrogen-bond donors (Lipinski definition) is 0. The number of carbonyl (C=O) groups excluding carboxylic acids is 1. The maximum absolute atomic E-state index is 12.8. The number of rotatable bonds is 5. The predicted molar refractivity (Wildman–Crippen MR) is 106 cm³/mol. The molecule has 1 atom stereocenters. The molecule has 1 aromatic heterocycles. The van der Waals surface area contributed by atoms with Crippen molar-refractivity contribution < 1.29 is 17.7 Å². The van der Waals surface area contributed by atoms with E-state index in [0.717, 1.165) is 43.1 Å². The molecule has 1 spiro atoms. The van der Waals surface area contributed by atoms with Crippen LogP contribution in [0.4, 0.5) is 0 Å². The van der Waals surface area contributed by atoms with Crippen LogP contribution in [-0.4, -0.2) is 72.5 Å². The van der Waals surface area contributed by atoms with E-state index >= 15 is 0 Å². The van der Waals surface area contributed by atoms with Gasteiger partial charge in [-0.15, -0.1) is 0 Å². The molecular weight excluding hydrogens is 378 g/mol. The number of amides is 1. The molecule has 7 nitrogen and oxygen atoms in total. The molecule has 0 N–H and O–H groups in total. The van der Waals surface area contributed by atoms with Crippen molar-refractivity contribution in [3.05, 3.63) is 17.0 Å². The number of piperidine rings is 1. The van der Waals surface area contributed by atoms with E-state index in [2.05, 4.69) is 10.1 Å². The smallest absolute Gasteiger partial charge is 0.223 e. The minimum atomic E-state index is -3.13. The van der Waals surface area contributed by atoms with Crippen molar-refractivity contribution in [1.29, 1.82) is 0 Å². The Morgan fingerprint density at radius 3 is 2.57 bits per heavy atom. The van der Waals surface area contributed by atoms with Crippen molar-refractivity contribution in [3.63, 3.8) is 0 Å². The molecule has 1 aromatic rings. The highest BCUT2D eigenvalue weighted by Crippen LogP contribution is 2.45. The van der Waals surface area contributed by atoms with Gasteiger partial charge in [0.2, 0.25) is 5.91 Å². The molecule has 0 aliphatic carbocycles. The first-order valence-electron chi connectivity index (χ1n) is 10.5. The highest BCUT2D eigenvalue weighted by molar-refractivity contribution is 7.93. The van der Waals surface area contributed by atoms with E-state index in [0.29, 0.717) is 25.9 Å². The number of likely N-dealkylation sites (tertiary alicyclic amines) is 2. The molecule has 3 saturated heterocycles. The Balaban J connectivity index is 1.37. The zero-order chi connectivity index (χ0) is 19.9. The Kier molecular flexibility index (Phi) is 5.29. The summed E-state index contributed by atoms with van der Waals surface area (Å²) in [4.78, 5) is 16.8. The van der Waals surface area contributed by atoms with Gasteiger partial charge in [-0.1, -0.05) is 11.6 Å². The van der Waals surface area contributed by atoms with Gasteiger partial charge in [0, 0.05) is 31.6 Å². The number of hydrogen-bond acceptors (Lipinski definition) is 6. The molecule has 8 heteroatoms. The summed E-state index contributed by atoms with van der Waals surface area (Å²) >= 11 is 0. The first-order valence-corrected chi connectivity index (χ1v) is 12.1. The Morgan fingerprint density at radius 2 is 1.93 bits per heavy atom. The number of nitrogens with zero attached hydrogens (tertiary/aromatic N) is 3. The quantitative estimate of drug-likeness (QED) is 0.736. The van der Waals surface area contributed by atoms with Crippen molar-refractivity contribution in [2.24, 2.45) is 5.92 Å². The van der Waals surface area contributed by atoms with E-state index < -0.39 is 14.6 Å². The summed E-state index contributed by atoms with van der Waals surface area (Å²) in [7, 11) is -3.13. The molecule has 0 bridgehead atoms. The first kappa shape index (κ1) is 19.9. The van der Waals surface area contributed by atoms with Gasteiger partial charge in [-0.2, -0.15) is 0 Å². The monoisotopic (exact) mass is 409 g/mol. The fourth-order valence-electron chi connectivity index (χ4n) is 5.21. The molecule has 28 heavy (non-hydrogen) atoms. The summed E-state index contributed by atoms with van der Waals surface area (Å²) in [5.74, 6) is 1.21. The Labute approximate surface area is 167 Å². The average molecular weight is 410 g/mol. The first-order chi connectivity index (χ1) is 13.3. The van der Waals surface area contributed by atoms with Crippen LogP contribution in [0.1, 0.15) is 49.1 Å². The molecule has 4 rings (SSSR count). The van der Waals surface area contributed by atoms with Crippen LogP contribution < -0.4 is 0 Å². The number of aryl methyl sites for hydroxylation is 2. The summed E-state index contributed by atoms with van der Waals surface area (Å²) in [6.07, 6.45) is 5.39. The number of carbonyl (C=O) groups is 1. The van der Waals surface area contributed by atoms with Gasteiger partial charge in [0.1, 0.15) is 10.5 Å². The molecule has 0 aromatic carbocycles. The molecule has 4 heterocycles. The molecule has 0 saturated carbocycles. The van der Waals surface area contributed by atoms with Gasteiger partial charge >= 0.3 is 0 Å². The zero-order valence-corrected chi connectivity index (χ0v) is 17.8. The van der Waals surface area contributed by atoms with Crippen LogP contribution in [0.2, 0.25) is 0 Å². The second-order valence-electron chi connectivity index (χ2n) is 8.78. The second-order valence-corrected chi connectivity index (χ2v) is 11.2. The summed E-state index contributed by atoms with van der Waals surface area (Å²) in [5, 5.41) is 3.93. The highest BCUT2D eigenvalue weighted by atomic mass is 32.2. The van der Waals surface area contributed by atoms with Gasteiger partial charge in [0.25, 0.3) is 0 Å². The lowest BCUT2D eigenvalue weighted by Gasteiger charge is -2.51. The third kappa shape index (κ3) is 3.38. The second kappa shape index (κ2) is 7.44. The van der Waals surface area contributed by atoms with Gasteiger partial charge in [-0.05, 0) is 58.5 Å². The van der Waals surface area contributed by atoms with Gasteiger partial charge in [0.05, 0.1) is 11.4 Å². The normalized spacial score (nSPS) is 26.5. The van der Waals surface area contributed by atoms with Gasteiger partial charge < -0.3 is 14.3 Å². The van der Waals surface area contributed by atoms with Crippen LogP contribution in [0, 0.1) is 19.8 Å². The largest absolute Gasteiger partial charge is 0.361 e. The third-order valence-corrected chi connectivity index (χ3v) is 9.67. The highest BCUT2D eigenvalue weighted by Gasteiger charge is 2.62.